The fourth-order valence-electron chi connectivity index (χ4n) is 3.07. The first-order chi connectivity index (χ1) is 13.3. The van der Waals surface area contributed by atoms with E-state index in [-0.39, 0.29) is 16.9 Å². The summed E-state index contributed by atoms with van der Waals surface area (Å²) in [5.41, 5.74) is 1.05. The molecule has 0 unspecified atom stereocenters. The highest BCUT2D eigenvalue weighted by Gasteiger charge is 2.24. The molecular formula is C21H18O7. The number of aliphatic carboxylic acids is 2. The van der Waals surface area contributed by atoms with Crippen LogP contribution in [-0.4, -0.2) is 22.2 Å². The maximum absolute atomic E-state index is 12.2. The van der Waals surface area contributed by atoms with Crippen molar-refractivity contribution < 1.29 is 29.0 Å². The minimum atomic E-state index is -1.23. The van der Waals surface area contributed by atoms with Crippen LogP contribution in [-0.2, 0) is 16.0 Å². The van der Waals surface area contributed by atoms with Crippen LogP contribution >= 0.6 is 0 Å². The van der Waals surface area contributed by atoms with E-state index in [0.717, 1.165) is 0 Å². The van der Waals surface area contributed by atoms with Crippen LogP contribution in [0.15, 0.2) is 51.7 Å². The predicted molar refractivity (Wildman–Crippen MR) is 101 cm³/mol. The lowest BCUT2D eigenvalue weighted by molar-refractivity contribution is -0.145. The predicted octanol–water partition coefficient (Wildman–Crippen LogP) is 3.24. The van der Waals surface area contributed by atoms with Gasteiger partial charge in [0.1, 0.15) is 11.3 Å². The fraction of sp³-hybridized carbons (Fsp3) is 0.190. The number of ether oxygens (including phenoxy) is 1. The molecular weight excluding hydrogens is 364 g/mol. The standard InChI is InChI=1S/C21H18O7/c1-11-14-8-9-16(27-19(20(24)25)13-6-4-3-5-7-13)12(2)18(14)28-21(26)15(11)10-17(22)23/h3-9,19H,10H2,1-2H3,(H,22,23)(H,24,25)/t19-/m1/s1. The molecule has 0 amide bonds. The molecule has 1 atom stereocenters. The van der Waals surface area contributed by atoms with Crippen LogP contribution in [0.3, 0.4) is 0 Å². The first kappa shape index (κ1) is 19.2. The van der Waals surface area contributed by atoms with Crippen molar-refractivity contribution in [1.29, 1.82) is 0 Å². The van der Waals surface area contributed by atoms with Crippen LogP contribution in [0.5, 0.6) is 5.75 Å². The third-order valence-electron chi connectivity index (χ3n) is 4.55. The van der Waals surface area contributed by atoms with Gasteiger partial charge in [-0.25, -0.2) is 9.59 Å². The zero-order chi connectivity index (χ0) is 20.4. The van der Waals surface area contributed by atoms with Gasteiger partial charge in [-0.15, -0.1) is 0 Å². The summed E-state index contributed by atoms with van der Waals surface area (Å²) in [7, 11) is 0. The van der Waals surface area contributed by atoms with Gasteiger partial charge in [0.25, 0.3) is 0 Å². The molecule has 7 nitrogen and oxygen atoms in total. The zero-order valence-electron chi connectivity index (χ0n) is 15.3. The Morgan fingerprint density at radius 3 is 2.32 bits per heavy atom. The Bertz CT molecular complexity index is 1110. The molecule has 0 saturated carbocycles. The van der Waals surface area contributed by atoms with E-state index in [2.05, 4.69) is 0 Å². The highest BCUT2D eigenvalue weighted by Crippen LogP contribution is 2.32. The molecule has 0 aliphatic carbocycles. The molecule has 1 heterocycles. The summed E-state index contributed by atoms with van der Waals surface area (Å²) in [5, 5.41) is 19.1. The Morgan fingerprint density at radius 2 is 1.71 bits per heavy atom. The van der Waals surface area contributed by atoms with E-state index in [1.807, 2.05) is 0 Å². The van der Waals surface area contributed by atoms with E-state index in [1.54, 1.807) is 56.3 Å². The molecule has 0 spiro atoms. The summed E-state index contributed by atoms with van der Waals surface area (Å²) in [4.78, 5) is 34.9. The Labute approximate surface area is 159 Å². The topological polar surface area (TPSA) is 114 Å². The lowest BCUT2D eigenvalue weighted by Gasteiger charge is -2.18. The summed E-state index contributed by atoms with van der Waals surface area (Å²) >= 11 is 0. The Balaban J connectivity index is 2.08. The number of carboxylic acids is 2. The fourth-order valence-corrected chi connectivity index (χ4v) is 3.07. The van der Waals surface area contributed by atoms with Crippen molar-refractivity contribution >= 4 is 22.9 Å². The molecule has 2 N–H and O–H groups in total. The van der Waals surface area contributed by atoms with E-state index in [4.69, 9.17) is 14.3 Å². The van der Waals surface area contributed by atoms with Gasteiger partial charge in [-0.1, -0.05) is 30.3 Å². The van der Waals surface area contributed by atoms with Crippen LogP contribution < -0.4 is 10.4 Å². The van der Waals surface area contributed by atoms with Crippen LogP contribution in [0, 0.1) is 13.8 Å². The molecule has 0 fully saturated rings. The van der Waals surface area contributed by atoms with E-state index in [0.29, 0.717) is 22.1 Å². The lowest BCUT2D eigenvalue weighted by Crippen LogP contribution is -2.19. The minimum Gasteiger partial charge on any atom is -0.481 e. The molecule has 7 heteroatoms. The number of carbonyl (C=O) groups is 2. The number of carboxylic acid groups (broad SMARTS) is 2. The second kappa shape index (κ2) is 7.56. The van der Waals surface area contributed by atoms with Crippen molar-refractivity contribution in [3.8, 4) is 5.75 Å². The number of rotatable bonds is 6. The molecule has 28 heavy (non-hydrogen) atoms. The molecule has 144 valence electrons. The van der Waals surface area contributed by atoms with Gasteiger partial charge in [-0.2, -0.15) is 0 Å². The average molecular weight is 382 g/mol. The van der Waals surface area contributed by atoms with E-state index < -0.39 is 30.1 Å². The van der Waals surface area contributed by atoms with Crippen molar-refractivity contribution in [2.75, 3.05) is 0 Å². The number of hydrogen-bond acceptors (Lipinski definition) is 5. The quantitative estimate of drug-likeness (QED) is 0.629. The van der Waals surface area contributed by atoms with Crippen molar-refractivity contribution in [3.63, 3.8) is 0 Å². The molecule has 3 aromatic rings. The SMILES string of the molecule is Cc1c(CC(=O)O)c(=O)oc2c(C)c(O[C@@H](C(=O)O)c3ccccc3)ccc12. The smallest absolute Gasteiger partial charge is 0.349 e. The average Bonchev–Trinajstić information content (AvgIpc) is 2.65. The lowest BCUT2D eigenvalue weighted by atomic mass is 10.0. The third kappa shape index (κ3) is 3.59. The summed E-state index contributed by atoms with van der Waals surface area (Å²) in [6, 6.07) is 11.7. The normalized spacial score (nSPS) is 11.9. The Hall–Kier alpha value is -3.61. The summed E-state index contributed by atoms with van der Waals surface area (Å²) < 4.78 is 11.1. The van der Waals surface area contributed by atoms with Crippen molar-refractivity contribution in [1.82, 2.24) is 0 Å². The maximum atomic E-state index is 12.2. The first-order valence-electron chi connectivity index (χ1n) is 8.51. The molecule has 0 aliphatic heterocycles. The maximum Gasteiger partial charge on any atom is 0.349 e. The molecule has 0 bridgehead atoms. The second-order valence-corrected chi connectivity index (χ2v) is 6.38. The number of fused-ring (bicyclic) bond motifs is 1. The molecule has 0 aliphatic rings. The van der Waals surface area contributed by atoms with Crippen molar-refractivity contribution in [3.05, 3.63) is 75.1 Å². The van der Waals surface area contributed by atoms with Gasteiger partial charge in [0, 0.05) is 16.5 Å². The van der Waals surface area contributed by atoms with Gasteiger partial charge in [0.2, 0.25) is 6.10 Å². The molecule has 0 radical (unpaired) electrons. The van der Waals surface area contributed by atoms with Crippen LogP contribution in [0.2, 0.25) is 0 Å². The monoisotopic (exact) mass is 382 g/mol. The summed E-state index contributed by atoms with van der Waals surface area (Å²) in [6.07, 6.45) is -1.66. The van der Waals surface area contributed by atoms with E-state index in [9.17, 15) is 19.5 Å². The third-order valence-corrected chi connectivity index (χ3v) is 4.55. The van der Waals surface area contributed by atoms with Crippen LogP contribution in [0.25, 0.3) is 11.0 Å². The van der Waals surface area contributed by atoms with Gasteiger partial charge in [0.15, 0.2) is 0 Å². The van der Waals surface area contributed by atoms with Gasteiger partial charge >= 0.3 is 17.6 Å². The van der Waals surface area contributed by atoms with Gasteiger partial charge in [0.05, 0.1) is 12.0 Å². The zero-order valence-corrected chi connectivity index (χ0v) is 15.3. The van der Waals surface area contributed by atoms with Crippen LogP contribution in [0.1, 0.15) is 28.4 Å². The largest absolute Gasteiger partial charge is 0.481 e. The highest BCUT2D eigenvalue weighted by molar-refractivity contribution is 5.87. The highest BCUT2D eigenvalue weighted by atomic mass is 16.5. The minimum absolute atomic E-state index is 0.0840. The second-order valence-electron chi connectivity index (χ2n) is 6.38. The Kier molecular flexibility index (Phi) is 5.17. The first-order valence-corrected chi connectivity index (χ1v) is 8.51. The van der Waals surface area contributed by atoms with Crippen LogP contribution in [0.4, 0.5) is 0 Å². The molecule has 0 saturated heterocycles. The number of benzene rings is 2. The number of aryl methyl sites for hydroxylation is 2. The van der Waals surface area contributed by atoms with Gasteiger partial charge in [-0.05, 0) is 31.5 Å². The summed E-state index contributed by atoms with van der Waals surface area (Å²) in [5.74, 6) is -2.02. The van der Waals surface area contributed by atoms with E-state index >= 15 is 0 Å². The summed E-state index contributed by atoms with van der Waals surface area (Å²) in [6.45, 7) is 3.31. The van der Waals surface area contributed by atoms with Crippen molar-refractivity contribution in [2.45, 2.75) is 26.4 Å². The van der Waals surface area contributed by atoms with Crippen molar-refractivity contribution in [2.24, 2.45) is 0 Å². The van der Waals surface area contributed by atoms with Gasteiger partial charge in [-0.3, -0.25) is 4.79 Å². The number of hydrogen-bond donors (Lipinski definition) is 2. The molecule has 2 aromatic carbocycles. The van der Waals surface area contributed by atoms with E-state index in [1.165, 1.54) is 0 Å². The van der Waals surface area contributed by atoms with Gasteiger partial charge < -0.3 is 19.4 Å². The molecule has 3 rings (SSSR count). The Morgan fingerprint density at radius 1 is 1.04 bits per heavy atom. The molecule has 1 aromatic heterocycles.